The highest BCUT2D eigenvalue weighted by atomic mass is 35.5. The van der Waals surface area contributed by atoms with E-state index < -0.39 is 20.6 Å². The maximum Gasteiger partial charge on any atom is 0.289 e. The molecule has 0 heterocycles. The van der Waals surface area contributed by atoms with Gasteiger partial charge in [-0.3, -0.25) is 10.1 Å². The van der Waals surface area contributed by atoms with Crippen LogP contribution in [-0.4, -0.2) is 19.9 Å². The number of nitrogens with zero attached hydrogens (tertiary/aromatic N) is 1. The number of halogens is 1. The number of nitro groups is 1. The summed E-state index contributed by atoms with van der Waals surface area (Å²) in [6.07, 6.45) is 0.455. The van der Waals surface area contributed by atoms with E-state index in [4.69, 9.17) is 11.6 Å². The number of hydrogen-bond donors (Lipinski definition) is 1. The average molecular weight is 341 g/mol. The summed E-state index contributed by atoms with van der Waals surface area (Å²) in [5.41, 5.74) is 0.469. The minimum absolute atomic E-state index is 0.135. The second-order valence-corrected chi connectivity index (χ2v) is 6.67. The van der Waals surface area contributed by atoms with E-state index in [9.17, 15) is 18.5 Å². The zero-order valence-electron chi connectivity index (χ0n) is 11.4. The Labute approximate surface area is 132 Å². The maximum absolute atomic E-state index is 12.2. The normalized spacial score (nSPS) is 11.3. The van der Waals surface area contributed by atoms with Crippen LogP contribution in [0.5, 0.6) is 0 Å². The standard InChI is InChI=1S/C14H13ClN2O4S/c15-12-7-5-11(6-8-12)9-10-16-22(20,21)14-4-2-1-3-13(14)17(18)19/h1-8,16H,9-10H2. The third-order valence-electron chi connectivity index (χ3n) is 2.97. The van der Waals surface area contributed by atoms with Gasteiger partial charge >= 0.3 is 0 Å². The van der Waals surface area contributed by atoms with Gasteiger partial charge in [-0.1, -0.05) is 35.9 Å². The van der Waals surface area contributed by atoms with E-state index >= 15 is 0 Å². The highest BCUT2D eigenvalue weighted by molar-refractivity contribution is 7.89. The Hall–Kier alpha value is -1.96. The van der Waals surface area contributed by atoms with Crippen molar-refractivity contribution >= 4 is 27.3 Å². The number of hydrogen-bond acceptors (Lipinski definition) is 4. The predicted molar refractivity (Wildman–Crippen MR) is 83.4 cm³/mol. The van der Waals surface area contributed by atoms with Crippen LogP contribution >= 0.6 is 11.6 Å². The van der Waals surface area contributed by atoms with Crippen molar-refractivity contribution in [1.29, 1.82) is 0 Å². The molecule has 2 aromatic carbocycles. The van der Waals surface area contributed by atoms with Crippen molar-refractivity contribution in [2.24, 2.45) is 0 Å². The van der Waals surface area contributed by atoms with Crippen molar-refractivity contribution < 1.29 is 13.3 Å². The van der Waals surface area contributed by atoms with Gasteiger partial charge in [-0.2, -0.15) is 0 Å². The summed E-state index contributed by atoms with van der Waals surface area (Å²) in [6, 6.07) is 12.3. The van der Waals surface area contributed by atoms with Gasteiger partial charge in [0.25, 0.3) is 5.69 Å². The van der Waals surface area contributed by atoms with E-state index in [0.29, 0.717) is 11.4 Å². The monoisotopic (exact) mass is 340 g/mol. The molecule has 0 bridgehead atoms. The lowest BCUT2D eigenvalue weighted by Gasteiger charge is -2.07. The summed E-state index contributed by atoms with van der Waals surface area (Å²) in [4.78, 5) is 9.84. The first-order valence-corrected chi connectivity index (χ1v) is 8.24. The van der Waals surface area contributed by atoms with Crippen LogP contribution in [0.15, 0.2) is 53.4 Å². The Bertz CT molecular complexity index is 776. The molecule has 1 N–H and O–H groups in total. The second kappa shape index (κ2) is 6.87. The summed E-state index contributed by atoms with van der Waals surface area (Å²) in [7, 11) is -3.93. The van der Waals surface area contributed by atoms with Gasteiger partial charge in [-0.05, 0) is 30.2 Å². The van der Waals surface area contributed by atoms with Crippen LogP contribution in [0, 0.1) is 10.1 Å². The number of rotatable bonds is 6. The number of nitrogens with one attached hydrogen (secondary N) is 1. The number of nitro benzene ring substituents is 1. The van der Waals surface area contributed by atoms with Gasteiger partial charge in [0.1, 0.15) is 0 Å². The second-order valence-electron chi connectivity index (χ2n) is 4.50. The van der Waals surface area contributed by atoms with Crippen LogP contribution < -0.4 is 4.72 Å². The molecule has 0 aliphatic heterocycles. The van der Waals surface area contributed by atoms with Crippen molar-refractivity contribution in [3.8, 4) is 0 Å². The first-order chi connectivity index (χ1) is 10.4. The first-order valence-electron chi connectivity index (χ1n) is 6.38. The minimum atomic E-state index is -3.93. The fourth-order valence-corrected chi connectivity index (χ4v) is 3.22. The number of benzene rings is 2. The molecule has 116 valence electrons. The molecule has 2 rings (SSSR count). The number of para-hydroxylation sites is 1. The Morgan fingerprint density at radius 2 is 1.73 bits per heavy atom. The van der Waals surface area contributed by atoms with Crippen molar-refractivity contribution in [1.82, 2.24) is 4.72 Å². The molecule has 0 saturated heterocycles. The predicted octanol–water partition coefficient (Wildman–Crippen LogP) is 2.77. The van der Waals surface area contributed by atoms with Crippen LogP contribution in [0.4, 0.5) is 5.69 Å². The van der Waals surface area contributed by atoms with E-state index in [2.05, 4.69) is 4.72 Å². The Morgan fingerprint density at radius 1 is 1.09 bits per heavy atom. The molecule has 0 fully saturated rings. The Kier molecular flexibility index (Phi) is 5.12. The highest BCUT2D eigenvalue weighted by Gasteiger charge is 2.24. The fraction of sp³-hybridized carbons (Fsp3) is 0.143. The van der Waals surface area contributed by atoms with Crippen LogP contribution in [0.2, 0.25) is 5.02 Å². The summed E-state index contributed by atoms with van der Waals surface area (Å²) in [5, 5.41) is 11.5. The van der Waals surface area contributed by atoms with Gasteiger partial charge in [0, 0.05) is 17.6 Å². The summed E-state index contributed by atoms with van der Waals surface area (Å²) in [6.45, 7) is 0.135. The third kappa shape index (κ3) is 4.03. The molecule has 22 heavy (non-hydrogen) atoms. The van der Waals surface area contributed by atoms with E-state index in [1.807, 2.05) is 0 Å². The molecule has 0 spiro atoms. The fourth-order valence-electron chi connectivity index (χ4n) is 1.89. The maximum atomic E-state index is 12.2. The molecule has 8 heteroatoms. The highest BCUT2D eigenvalue weighted by Crippen LogP contribution is 2.22. The smallest absolute Gasteiger partial charge is 0.258 e. The third-order valence-corrected chi connectivity index (χ3v) is 4.73. The van der Waals surface area contributed by atoms with Gasteiger partial charge in [-0.25, -0.2) is 13.1 Å². The van der Waals surface area contributed by atoms with Crippen LogP contribution in [0.3, 0.4) is 0 Å². The Morgan fingerprint density at radius 3 is 2.36 bits per heavy atom. The lowest BCUT2D eigenvalue weighted by atomic mass is 10.2. The van der Waals surface area contributed by atoms with E-state index in [1.165, 1.54) is 18.2 Å². The summed E-state index contributed by atoms with van der Waals surface area (Å²) >= 11 is 5.77. The van der Waals surface area contributed by atoms with Crippen molar-refractivity contribution in [3.63, 3.8) is 0 Å². The minimum Gasteiger partial charge on any atom is -0.258 e. The van der Waals surface area contributed by atoms with Gasteiger partial charge in [0.15, 0.2) is 4.90 Å². The molecule has 0 aliphatic carbocycles. The van der Waals surface area contributed by atoms with Crippen LogP contribution in [-0.2, 0) is 16.4 Å². The molecule has 0 radical (unpaired) electrons. The Balaban J connectivity index is 2.09. The molecular weight excluding hydrogens is 328 g/mol. The van der Waals surface area contributed by atoms with Gasteiger partial charge in [0.2, 0.25) is 10.0 Å². The van der Waals surface area contributed by atoms with E-state index in [1.54, 1.807) is 24.3 Å². The first kappa shape index (κ1) is 16.4. The van der Waals surface area contributed by atoms with Gasteiger partial charge < -0.3 is 0 Å². The zero-order chi connectivity index (χ0) is 16.2. The van der Waals surface area contributed by atoms with Crippen molar-refractivity contribution in [3.05, 3.63) is 69.2 Å². The quantitative estimate of drug-likeness (QED) is 0.646. The van der Waals surface area contributed by atoms with Crippen LogP contribution in [0.1, 0.15) is 5.56 Å². The molecule has 0 amide bonds. The average Bonchev–Trinajstić information content (AvgIpc) is 2.49. The van der Waals surface area contributed by atoms with Gasteiger partial charge in [0.05, 0.1) is 4.92 Å². The molecule has 0 aromatic heterocycles. The van der Waals surface area contributed by atoms with Crippen molar-refractivity contribution in [2.45, 2.75) is 11.3 Å². The lowest BCUT2D eigenvalue weighted by Crippen LogP contribution is -2.26. The molecular formula is C14H13ClN2O4S. The van der Waals surface area contributed by atoms with E-state index in [-0.39, 0.29) is 11.4 Å². The molecule has 6 nitrogen and oxygen atoms in total. The lowest BCUT2D eigenvalue weighted by molar-refractivity contribution is -0.387. The molecule has 2 aromatic rings. The van der Waals surface area contributed by atoms with Crippen molar-refractivity contribution in [2.75, 3.05) is 6.54 Å². The topological polar surface area (TPSA) is 89.3 Å². The van der Waals surface area contributed by atoms with Crippen LogP contribution in [0.25, 0.3) is 0 Å². The summed E-state index contributed by atoms with van der Waals surface area (Å²) in [5.74, 6) is 0. The molecule has 0 unspecified atom stereocenters. The molecule has 0 saturated carbocycles. The molecule has 0 aliphatic rings. The zero-order valence-corrected chi connectivity index (χ0v) is 13.0. The molecule has 0 atom stereocenters. The van der Waals surface area contributed by atoms with E-state index in [0.717, 1.165) is 11.6 Å². The summed E-state index contributed by atoms with van der Waals surface area (Å²) < 4.78 is 26.7. The number of sulfonamides is 1. The largest absolute Gasteiger partial charge is 0.289 e. The SMILES string of the molecule is O=[N+]([O-])c1ccccc1S(=O)(=O)NCCc1ccc(Cl)cc1. The van der Waals surface area contributed by atoms with Gasteiger partial charge in [-0.15, -0.1) is 0 Å².